The highest BCUT2D eigenvalue weighted by Gasteiger charge is 2.52. The number of benzene rings is 1. The van der Waals surface area contributed by atoms with Crippen LogP contribution >= 0.6 is 0 Å². The lowest BCUT2D eigenvalue weighted by molar-refractivity contribution is -0.153. The van der Waals surface area contributed by atoms with Crippen LogP contribution in [0.1, 0.15) is 25.3 Å². The predicted molar refractivity (Wildman–Crippen MR) is 106 cm³/mol. The summed E-state index contributed by atoms with van der Waals surface area (Å²) in [5.41, 5.74) is 2.01. The van der Waals surface area contributed by atoms with Gasteiger partial charge >= 0.3 is 5.97 Å². The molecule has 0 spiro atoms. The molecule has 5 nitrogen and oxygen atoms in total. The van der Waals surface area contributed by atoms with Crippen LogP contribution in [0.4, 0.5) is 0 Å². The second kappa shape index (κ2) is 8.31. The first kappa shape index (κ1) is 20.3. The molecule has 1 unspecified atom stereocenters. The van der Waals surface area contributed by atoms with Gasteiger partial charge in [-0.15, -0.1) is 0 Å². The number of carbonyl (C=O) groups excluding carboxylic acids is 2. The van der Waals surface area contributed by atoms with Crippen molar-refractivity contribution in [1.82, 2.24) is 0 Å². The first-order valence-electron chi connectivity index (χ1n) is 9.58. The maximum absolute atomic E-state index is 12.9. The summed E-state index contributed by atoms with van der Waals surface area (Å²) in [4.78, 5) is 25.4. The fourth-order valence-corrected chi connectivity index (χ4v) is 4.56. The van der Waals surface area contributed by atoms with Crippen LogP contribution in [0.2, 0.25) is 0 Å². The minimum atomic E-state index is -0.862. The number of hydrogen-bond acceptors (Lipinski definition) is 5. The van der Waals surface area contributed by atoms with Gasteiger partial charge in [0.15, 0.2) is 5.78 Å². The molecule has 0 bridgehead atoms. The fourth-order valence-electron chi connectivity index (χ4n) is 4.56. The Morgan fingerprint density at radius 2 is 1.96 bits per heavy atom. The highest BCUT2D eigenvalue weighted by molar-refractivity contribution is 6.00. The van der Waals surface area contributed by atoms with E-state index in [1.165, 1.54) is 7.11 Å². The van der Waals surface area contributed by atoms with Gasteiger partial charge in [0.1, 0.15) is 18.3 Å². The quantitative estimate of drug-likeness (QED) is 0.388. The molecule has 0 saturated heterocycles. The minimum Gasteiger partial charge on any atom is -0.497 e. The summed E-state index contributed by atoms with van der Waals surface area (Å²) < 4.78 is 15.7. The molecule has 4 atom stereocenters. The number of rotatable bonds is 8. The molecular weight excluding hydrogens is 356 g/mol. The van der Waals surface area contributed by atoms with E-state index in [2.05, 4.69) is 19.6 Å². The van der Waals surface area contributed by atoms with Gasteiger partial charge in [-0.2, -0.15) is 0 Å². The molecule has 0 N–H and O–H groups in total. The van der Waals surface area contributed by atoms with Crippen LogP contribution in [0.25, 0.3) is 0 Å². The number of ketones is 1. The number of methoxy groups -OCH3 is 2. The topological polar surface area (TPSA) is 61.8 Å². The average Bonchev–Trinajstić information content (AvgIpc) is 3.18. The maximum Gasteiger partial charge on any atom is 0.316 e. The van der Waals surface area contributed by atoms with Crippen molar-refractivity contribution in [2.45, 2.75) is 26.4 Å². The smallest absolute Gasteiger partial charge is 0.316 e. The molecule has 0 aromatic heterocycles. The molecule has 1 fully saturated rings. The molecule has 1 aromatic carbocycles. The van der Waals surface area contributed by atoms with Crippen molar-refractivity contribution in [2.24, 2.45) is 23.2 Å². The SMILES string of the molecule is C=C1CC[C@@]2(C)C=C[C@H](C(C(=O)COCc3ccc(OC)cc3)C(=O)OC)[C@@H]12. The Hall–Kier alpha value is -2.40. The Morgan fingerprint density at radius 1 is 1.25 bits per heavy atom. The molecule has 5 heteroatoms. The average molecular weight is 384 g/mol. The number of hydrogen-bond donors (Lipinski definition) is 0. The number of esters is 1. The van der Waals surface area contributed by atoms with E-state index >= 15 is 0 Å². The Balaban J connectivity index is 1.66. The minimum absolute atomic E-state index is 0.0295. The third-order valence-electron chi connectivity index (χ3n) is 6.08. The molecule has 1 aromatic rings. The van der Waals surface area contributed by atoms with Gasteiger partial charge in [-0.1, -0.05) is 43.4 Å². The Kier molecular flexibility index (Phi) is 6.04. The Bertz CT molecular complexity index is 779. The van der Waals surface area contributed by atoms with Crippen LogP contribution in [0.3, 0.4) is 0 Å². The van der Waals surface area contributed by atoms with E-state index in [1.807, 2.05) is 30.3 Å². The molecule has 0 radical (unpaired) electrons. The summed E-state index contributed by atoms with van der Waals surface area (Å²) in [5.74, 6) is -0.973. The molecule has 0 heterocycles. The lowest BCUT2D eigenvalue weighted by Gasteiger charge is -2.31. The highest BCUT2D eigenvalue weighted by Crippen LogP contribution is 2.56. The number of carbonyl (C=O) groups is 2. The standard InChI is InChI=1S/C23H28O5/c1-15-9-11-23(2)12-10-18(21(15)23)20(22(25)27-4)19(24)14-28-13-16-5-7-17(26-3)8-6-16/h5-8,10,12,18,20-21H,1,9,11,13-14H2,2-4H3/t18-,20?,21-,23+/m1/s1. The maximum atomic E-state index is 12.9. The van der Waals surface area contributed by atoms with Crippen LogP contribution in [0, 0.1) is 23.2 Å². The molecule has 150 valence electrons. The second-order valence-corrected chi connectivity index (χ2v) is 7.89. The Labute approximate surface area is 166 Å². The van der Waals surface area contributed by atoms with Gasteiger partial charge in [0.2, 0.25) is 0 Å². The van der Waals surface area contributed by atoms with E-state index in [-0.39, 0.29) is 36.2 Å². The fraction of sp³-hybridized carbons (Fsp3) is 0.478. The molecule has 3 rings (SSSR count). The molecule has 1 saturated carbocycles. The molecular formula is C23H28O5. The van der Waals surface area contributed by atoms with E-state index in [4.69, 9.17) is 14.2 Å². The van der Waals surface area contributed by atoms with Crippen LogP contribution in [-0.2, 0) is 25.7 Å². The summed E-state index contributed by atoms with van der Waals surface area (Å²) in [6, 6.07) is 7.45. The van der Waals surface area contributed by atoms with Crippen LogP contribution in [0.5, 0.6) is 5.75 Å². The lowest BCUT2D eigenvalue weighted by Crippen LogP contribution is -2.38. The largest absolute Gasteiger partial charge is 0.497 e. The molecule has 0 aliphatic heterocycles. The molecule has 2 aliphatic carbocycles. The zero-order chi connectivity index (χ0) is 20.3. The van der Waals surface area contributed by atoms with Crippen molar-refractivity contribution >= 4 is 11.8 Å². The van der Waals surface area contributed by atoms with Crippen molar-refractivity contribution in [3.63, 3.8) is 0 Å². The molecule has 2 aliphatic rings. The van der Waals surface area contributed by atoms with E-state index in [0.29, 0.717) is 0 Å². The van der Waals surface area contributed by atoms with Crippen LogP contribution < -0.4 is 4.74 Å². The van der Waals surface area contributed by atoms with Gasteiger partial charge in [-0.05, 0) is 41.9 Å². The van der Waals surface area contributed by atoms with Crippen molar-refractivity contribution < 1.29 is 23.8 Å². The highest BCUT2D eigenvalue weighted by atomic mass is 16.5. The van der Waals surface area contributed by atoms with Crippen molar-refractivity contribution in [1.29, 1.82) is 0 Å². The third-order valence-corrected chi connectivity index (χ3v) is 6.08. The van der Waals surface area contributed by atoms with E-state index < -0.39 is 11.9 Å². The number of ether oxygens (including phenoxy) is 3. The predicted octanol–water partition coefficient (Wildman–Crippen LogP) is 3.73. The summed E-state index contributed by atoms with van der Waals surface area (Å²) in [5, 5.41) is 0. The number of Topliss-reactive ketones (excluding diaryl/α,β-unsaturated/α-hetero) is 1. The normalized spacial score (nSPS) is 26.8. The van der Waals surface area contributed by atoms with Gasteiger partial charge in [-0.3, -0.25) is 9.59 Å². The van der Waals surface area contributed by atoms with E-state index in [0.717, 1.165) is 29.7 Å². The van der Waals surface area contributed by atoms with Gasteiger partial charge in [0.05, 0.1) is 20.8 Å². The number of fused-ring (bicyclic) bond motifs is 1. The summed E-state index contributed by atoms with van der Waals surface area (Å²) in [7, 11) is 2.93. The van der Waals surface area contributed by atoms with Crippen molar-refractivity contribution in [2.75, 3.05) is 20.8 Å². The van der Waals surface area contributed by atoms with Gasteiger partial charge < -0.3 is 14.2 Å². The van der Waals surface area contributed by atoms with Crippen molar-refractivity contribution in [3.8, 4) is 5.75 Å². The summed E-state index contributed by atoms with van der Waals surface area (Å²) >= 11 is 0. The third kappa shape index (κ3) is 3.90. The summed E-state index contributed by atoms with van der Waals surface area (Å²) in [6.45, 7) is 6.52. The first-order valence-corrected chi connectivity index (χ1v) is 9.58. The second-order valence-electron chi connectivity index (χ2n) is 7.89. The first-order chi connectivity index (χ1) is 13.4. The Morgan fingerprint density at radius 3 is 2.61 bits per heavy atom. The van der Waals surface area contributed by atoms with E-state index in [1.54, 1.807) is 7.11 Å². The summed E-state index contributed by atoms with van der Waals surface area (Å²) in [6.07, 6.45) is 6.07. The molecule has 28 heavy (non-hydrogen) atoms. The zero-order valence-electron chi connectivity index (χ0n) is 16.8. The van der Waals surface area contributed by atoms with Crippen LogP contribution in [-0.4, -0.2) is 32.6 Å². The zero-order valence-corrected chi connectivity index (χ0v) is 16.8. The monoisotopic (exact) mass is 384 g/mol. The molecule has 0 amide bonds. The van der Waals surface area contributed by atoms with Crippen LogP contribution in [0.15, 0.2) is 48.6 Å². The van der Waals surface area contributed by atoms with E-state index in [9.17, 15) is 9.59 Å². The van der Waals surface area contributed by atoms with Gasteiger partial charge in [0.25, 0.3) is 0 Å². The lowest BCUT2D eigenvalue weighted by atomic mass is 9.72. The van der Waals surface area contributed by atoms with Crippen molar-refractivity contribution in [3.05, 3.63) is 54.1 Å². The number of allylic oxidation sites excluding steroid dienone is 3. The van der Waals surface area contributed by atoms with Gasteiger partial charge in [-0.25, -0.2) is 0 Å². The van der Waals surface area contributed by atoms with Gasteiger partial charge in [0, 0.05) is 5.92 Å².